The van der Waals surface area contributed by atoms with E-state index in [1.165, 1.54) is 0 Å². The number of halogens is 2. The summed E-state index contributed by atoms with van der Waals surface area (Å²) in [6, 6.07) is 12.0. The first-order valence-electron chi connectivity index (χ1n) is 9.61. The van der Waals surface area contributed by atoms with Crippen molar-refractivity contribution in [3.05, 3.63) is 63.8 Å². The summed E-state index contributed by atoms with van der Waals surface area (Å²) in [6.07, 6.45) is 0.639. The largest absolute Gasteiger partial charge is 0.325 e. The fourth-order valence-electron chi connectivity index (χ4n) is 3.58. The van der Waals surface area contributed by atoms with Gasteiger partial charge in [-0.05, 0) is 48.7 Å². The monoisotopic (exact) mass is 442 g/mol. The molecule has 0 saturated heterocycles. The lowest BCUT2D eigenvalue weighted by molar-refractivity contribution is -0.123. The summed E-state index contributed by atoms with van der Waals surface area (Å²) in [7, 11) is 0. The van der Waals surface area contributed by atoms with Crippen LogP contribution in [-0.2, 0) is 16.0 Å². The van der Waals surface area contributed by atoms with Crippen molar-refractivity contribution in [1.29, 1.82) is 0 Å². The van der Waals surface area contributed by atoms with Crippen molar-refractivity contribution in [2.75, 3.05) is 10.6 Å². The smallest absolute Gasteiger partial charge is 0.251 e. The molecule has 30 heavy (non-hydrogen) atoms. The normalized spacial score (nSPS) is 15.1. The summed E-state index contributed by atoms with van der Waals surface area (Å²) in [5.41, 5.74) is 4.12. The van der Waals surface area contributed by atoms with Crippen molar-refractivity contribution < 1.29 is 9.59 Å². The maximum Gasteiger partial charge on any atom is 0.251 e. The number of amides is 2. The van der Waals surface area contributed by atoms with E-state index in [0.717, 1.165) is 22.4 Å². The topological polar surface area (TPSA) is 76.0 Å². The van der Waals surface area contributed by atoms with Gasteiger partial charge in [0.2, 0.25) is 5.91 Å². The molecule has 1 aliphatic rings. The lowest BCUT2D eigenvalue weighted by Gasteiger charge is -2.11. The van der Waals surface area contributed by atoms with Gasteiger partial charge in [0.15, 0.2) is 0 Å². The zero-order valence-electron chi connectivity index (χ0n) is 16.5. The van der Waals surface area contributed by atoms with Crippen LogP contribution < -0.4 is 10.6 Å². The molecule has 1 unspecified atom stereocenters. The highest BCUT2D eigenvalue weighted by Gasteiger charge is 2.36. The molecule has 1 aliphatic heterocycles. The van der Waals surface area contributed by atoms with Crippen molar-refractivity contribution in [2.45, 2.75) is 32.7 Å². The number of carbonyl (C=O) groups excluding carboxylic acids is 2. The molecule has 0 aliphatic carbocycles. The Balaban J connectivity index is 1.61. The van der Waals surface area contributed by atoms with E-state index in [0.29, 0.717) is 28.0 Å². The van der Waals surface area contributed by atoms with Gasteiger partial charge in [0.05, 0.1) is 22.8 Å². The Bertz CT molecular complexity index is 1140. The SMILES string of the molecule is CCc1nn2c(c1-c1ccc(Cl)cc1)NC(=O)C2CC(=O)Nc1ccc(C)cc1Cl. The Hall–Kier alpha value is -2.83. The van der Waals surface area contributed by atoms with E-state index < -0.39 is 6.04 Å². The molecule has 0 spiro atoms. The van der Waals surface area contributed by atoms with Crippen molar-refractivity contribution in [3.8, 4) is 11.1 Å². The fraction of sp³-hybridized carbons (Fsp3) is 0.227. The molecule has 6 nitrogen and oxygen atoms in total. The van der Waals surface area contributed by atoms with E-state index in [4.69, 9.17) is 23.2 Å². The maximum atomic E-state index is 12.6. The third-order valence-corrected chi connectivity index (χ3v) is 5.63. The second-order valence-electron chi connectivity index (χ2n) is 7.22. The van der Waals surface area contributed by atoms with Gasteiger partial charge in [0.25, 0.3) is 5.91 Å². The van der Waals surface area contributed by atoms with Gasteiger partial charge in [-0.1, -0.05) is 48.3 Å². The molecule has 0 saturated carbocycles. The van der Waals surface area contributed by atoms with Gasteiger partial charge in [0, 0.05) is 10.6 Å². The summed E-state index contributed by atoms with van der Waals surface area (Å²) in [5, 5.41) is 11.4. The molecule has 3 aromatic rings. The number of hydrogen-bond donors (Lipinski definition) is 2. The second kappa shape index (κ2) is 8.13. The number of aromatic nitrogens is 2. The van der Waals surface area contributed by atoms with Crippen molar-refractivity contribution in [2.24, 2.45) is 0 Å². The summed E-state index contributed by atoms with van der Waals surface area (Å²) >= 11 is 12.2. The van der Waals surface area contributed by atoms with Crippen LogP contribution in [0.25, 0.3) is 11.1 Å². The predicted molar refractivity (Wildman–Crippen MR) is 119 cm³/mol. The van der Waals surface area contributed by atoms with E-state index in [9.17, 15) is 9.59 Å². The fourth-order valence-corrected chi connectivity index (χ4v) is 3.99. The Morgan fingerprint density at radius 2 is 1.93 bits per heavy atom. The zero-order chi connectivity index (χ0) is 21.4. The lowest BCUT2D eigenvalue weighted by Crippen LogP contribution is -2.24. The molecular weight excluding hydrogens is 423 g/mol. The molecule has 0 fully saturated rings. The van der Waals surface area contributed by atoms with Gasteiger partial charge >= 0.3 is 0 Å². The minimum Gasteiger partial charge on any atom is -0.325 e. The van der Waals surface area contributed by atoms with Crippen LogP contribution in [0, 0.1) is 6.92 Å². The number of anilines is 2. The maximum absolute atomic E-state index is 12.6. The van der Waals surface area contributed by atoms with Crippen molar-refractivity contribution in [1.82, 2.24) is 9.78 Å². The highest BCUT2D eigenvalue weighted by Crippen LogP contribution is 2.39. The van der Waals surface area contributed by atoms with Crippen LogP contribution in [0.1, 0.15) is 30.6 Å². The van der Waals surface area contributed by atoms with Gasteiger partial charge in [0.1, 0.15) is 11.9 Å². The molecule has 2 N–H and O–H groups in total. The lowest BCUT2D eigenvalue weighted by atomic mass is 10.0. The van der Waals surface area contributed by atoms with E-state index in [1.54, 1.807) is 28.9 Å². The molecule has 2 amide bonds. The zero-order valence-corrected chi connectivity index (χ0v) is 18.0. The Kier molecular flexibility index (Phi) is 5.54. The molecule has 2 aromatic carbocycles. The molecule has 4 rings (SSSR count). The number of hydrogen-bond acceptors (Lipinski definition) is 3. The number of rotatable bonds is 5. The number of aryl methyl sites for hydroxylation is 2. The number of fused-ring (bicyclic) bond motifs is 1. The molecule has 1 aromatic heterocycles. The molecular formula is C22H20Cl2N4O2. The van der Waals surface area contributed by atoms with E-state index in [-0.39, 0.29) is 18.2 Å². The van der Waals surface area contributed by atoms with Gasteiger partial charge in [-0.25, -0.2) is 4.68 Å². The highest BCUT2D eigenvalue weighted by molar-refractivity contribution is 6.33. The van der Waals surface area contributed by atoms with Crippen LogP contribution in [0.4, 0.5) is 11.5 Å². The first-order valence-corrected chi connectivity index (χ1v) is 10.4. The van der Waals surface area contributed by atoms with Crippen molar-refractivity contribution in [3.63, 3.8) is 0 Å². The first kappa shape index (κ1) is 20.4. The number of carbonyl (C=O) groups is 2. The van der Waals surface area contributed by atoms with Crippen LogP contribution in [0.3, 0.4) is 0 Å². The quantitative estimate of drug-likeness (QED) is 0.566. The Morgan fingerprint density at radius 1 is 1.20 bits per heavy atom. The Labute approximate surface area is 184 Å². The van der Waals surface area contributed by atoms with Crippen LogP contribution >= 0.6 is 23.2 Å². The van der Waals surface area contributed by atoms with E-state index in [2.05, 4.69) is 15.7 Å². The van der Waals surface area contributed by atoms with Gasteiger partial charge in [-0.3, -0.25) is 9.59 Å². The Morgan fingerprint density at radius 3 is 2.60 bits per heavy atom. The summed E-state index contributed by atoms with van der Waals surface area (Å²) in [5.74, 6) is 0.0289. The summed E-state index contributed by atoms with van der Waals surface area (Å²) < 4.78 is 1.61. The number of nitrogens with zero attached hydrogens (tertiary/aromatic N) is 2. The average molecular weight is 443 g/mol. The van der Waals surface area contributed by atoms with Gasteiger partial charge in [-0.15, -0.1) is 0 Å². The minimum absolute atomic E-state index is 0.0477. The second-order valence-corrected chi connectivity index (χ2v) is 8.06. The molecule has 2 heterocycles. The number of nitrogens with one attached hydrogen (secondary N) is 2. The molecule has 0 radical (unpaired) electrons. The van der Waals surface area contributed by atoms with E-state index >= 15 is 0 Å². The molecule has 154 valence electrons. The third-order valence-electron chi connectivity index (χ3n) is 5.07. The van der Waals surface area contributed by atoms with Crippen LogP contribution in [0.2, 0.25) is 10.0 Å². The van der Waals surface area contributed by atoms with Gasteiger partial charge in [-0.2, -0.15) is 5.10 Å². The summed E-state index contributed by atoms with van der Waals surface area (Å²) in [6.45, 7) is 3.92. The molecule has 0 bridgehead atoms. The van der Waals surface area contributed by atoms with Crippen LogP contribution in [0.5, 0.6) is 0 Å². The molecule has 8 heteroatoms. The highest BCUT2D eigenvalue weighted by atomic mass is 35.5. The minimum atomic E-state index is -0.726. The predicted octanol–water partition coefficient (Wildman–Crippen LogP) is 5.25. The van der Waals surface area contributed by atoms with E-state index in [1.807, 2.05) is 32.0 Å². The van der Waals surface area contributed by atoms with Crippen LogP contribution in [0.15, 0.2) is 42.5 Å². The third kappa shape index (κ3) is 3.80. The van der Waals surface area contributed by atoms with Gasteiger partial charge < -0.3 is 10.6 Å². The molecule has 1 atom stereocenters. The number of benzene rings is 2. The summed E-state index contributed by atoms with van der Waals surface area (Å²) in [4.78, 5) is 25.3. The standard InChI is InChI=1S/C22H20Cl2N4O2/c1-3-16-20(13-5-7-14(23)8-6-13)21-26-22(30)18(28(21)27-16)11-19(29)25-17-9-4-12(2)10-15(17)24/h4-10,18H,3,11H2,1-2H3,(H,25,29)(H,26,30). The average Bonchev–Trinajstić information content (AvgIpc) is 3.20. The van der Waals surface area contributed by atoms with Crippen molar-refractivity contribution >= 4 is 46.5 Å². The van der Waals surface area contributed by atoms with Crippen LogP contribution in [-0.4, -0.2) is 21.6 Å². The first-order chi connectivity index (χ1) is 14.4.